The summed E-state index contributed by atoms with van der Waals surface area (Å²) in [6.07, 6.45) is 1.36. The van der Waals surface area contributed by atoms with Gasteiger partial charge in [0.15, 0.2) is 11.5 Å². The fourth-order valence-corrected chi connectivity index (χ4v) is 4.07. The molecular formula is C26H24BrClFN3O4. The highest BCUT2D eigenvalue weighted by Gasteiger charge is 2.16. The lowest BCUT2D eigenvalue weighted by Crippen LogP contribution is -2.32. The molecule has 0 aliphatic rings. The van der Waals surface area contributed by atoms with Crippen molar-refractivity contribution in [2.45, 2.75) is 27.4 Å². The summed E-state index contributed by atoms with van der Waals surface area (Å²) in [6.45, 7) is 5.72. The Labute approximate surface area is 221 Å². The fourth-order valence-electron chi connectivity index (χ4n) is 3.28. The van der Waals surface area contributed by atoms with E-state index in [1.807, 2.05) is 32.0 Å². The van der Waals surface area contributed by atoms with Crippen LogP contribution >= 0.6 is 27.5 Å². The Morgan fingerprint density at radius 2 is 1.78 bits per heavy atom. The van der Waals surface area contributed by atoms with Crippen LogP contribution in [-0.4, -0.2) is 24.6 Å². The fraction of sp³-hybridized carbons (Fsp3) is 0.192. The number of nitrogens with one attached hydrogen (secondary N) is 2. The number of hydrazone groups is 1. The number of benzene rings is 3. The van der Waals surface area contributed by atoms with E-state index >= 15 is 0 Å². The molecule has 0 radical (unpaired) electrons. The number of rotatable bonds is 8. The number of amides is 2. The van der Waals surface area contributed by atoms with Crippen LogP contribution in [0.2, 0.25) is 5.02 Å². The van der Waals surface area contributed by atoms with Crippen LogP contribution in [0.15, 0.2) is 58.1 Å². The first-order valence-electron chi connectivity index (χ1n) is 10.9. The molecule has 0 saturated carbocycles. The molecule has 0 heterocycles. The van der Waals surface area contributed by atoms with Crippen molar-refractivity contribution in [2.75, 3.05) is 11.9 Å². The van der Waals surface area contributed by atoms with Gasteiger partial charge in [0.05, 0.1) is 22.3 Å². The van der Waals surface area contributed by atoms with E-state index in [2.05, 4.69) is 31.8 Å². The molecule has 0 bridgehead atoms. The van der Waals surface area contributed by atoms with Crippen LogP contribution in [0.25, 0.3) is 0 Å². The zero-order valence-electron chi connectivity index (χ0n) is 19.8. The highest BCUT2D eigenvalue weighted by atomic mass is 79.9. The van der Waals surface area contributed by atoms with Crippen molar-refractivity contribution < 1.29 is 23.5 Å². The van der Waals surface area contributed by atoms with Gasteiger partial charge in [-0.25, -0.2) is 9.82 Å². The monoisotopic (exact) mass is 575 g/mol. The van der Waals surface area contributed by atoms with Gasteiger partial charge < -0.3 is 14.8 Å². The molecule has 188 valence electrons. The van der Waals surface area contributed by atoms with Gasteiger partial charge in [-0.3, -0.25) is 9.59 Å². The summed E-state index contributed by atoms with van der Waals surface area (Å²) in [5, 5.41) is 6.72. The van der Waals surface area contributed by atoms with Gasteiger partial charge in [-0.2, -0.15) is 5.10 Å². The third kappa shape index (κ3) is 6.83. The number of aryl methyl sites for hydroxylation is 2. The molecule has 3 aromatic carbocycles. The second-order valence-electron chi connectivity index (χ2n) is 7.67. The Hall–Kier alpha value is -3.43. The molecule has 0 aromatic heterocycles. The minimum Gasteiger partial charge on any atom is -0.490 e. The summed E-state index contributed by atoms with van der Waals surface area (Å²) < 4.78 is 26.1. The van der Waals surface area contributed by atoms with Gasteiger partial charge in [0.25, 0.3) is 0 Å². The molecule has 2 N–H and O–H groups in total. The van der Waals surface area contributed by atoms with Gasteiger partial charge in [0.2, 0.25) is 0 Å². The Morgan fingerprint density at radius 1 is 1.08 bits per heavy atom. The molecule has 0 spiro atoms. The lowest BCUT2D eigenvalue weighted by Gasteiger charge is -2.15. The zero-order chi connectivity index (χ0) is 26.2. The van der Waals surface area contributed by atoms with E-state index in [-0.39, 0.29) is 17.2 Å². The molecule has 0 aliphatic carbocycles. The predicted molar refractivity (Wildman–Crippen MR) is 141 cm³/mol. The van der Waals surface area contributed by atoms with Crippen molar-refractivity contribution in [1.82, 2.24) is 5.43 Å². The number of para-hydroxylation sites is 1. The maximum atomic E-state index is 14.1. The van der Waals surface area contributed by atoms with Crippen molar-refractivity contribution in [2.24, 2.45) is 5.10 Å². The molecule has 0 saturated heterocycles. The van der Waals surface area contributed by atoms with Crippen molar-refractivity contribution in [3.05, 3.63) is 86.1 Å². The minimum absolute atomic E-state index is 0.108. The Morgan fingerprint density at radius 3 is 2.44 bits per heavy atom. The van der Waals surface area contributed by atoms with E-state index in [0.717, 1.165) is 11.1 Å². The van der Waals surface area contributed by atoms with Crippen LogP contribution in [0, 0.1) is 19.7 Å². The van der Waals surface area contributed by atoms with E-state index in [0.29, 0.717) is 33.8 Å². The van der Waals surface area contributed by atoms with Crippen molar-refractivity contribution in [1.29, 1.82) is 0 Å². The maximum absolute atomic E-state index is 14.1. The lowest BCUT2D eigenvalue weighted by atomic mass is 10.1. The van der Waals surface area contributed by atoms with Gasteiger partial charge >= 0.3 is 11.8 Å². The van der Waals surface area contributed by atoms with Crippen molar-refractivity contribution in [3.8, 4) is 11.5 Å². The molecule has 0 aliphatic heterocycles. The number of halogens is 3. The molecular weight excluding hydrogens is 553 g/mol. The molecule has 2 amide bonds. The van der Waals surface area contributed by atoms with Gasteiger partial charge in [-0.15, -0.1) is 0 Å². The molecule has 3 rings (SSSR count). The molecule has 3 aromatic rings. The number of carbonyl (C=O) groups excluding carboxylic acids is 2. The molecule has 0 atom stereocenters. The number of nitrogens with zero attached hydrogens (tertiary/aromatic N) is 1. The summed E-state index contributed by atoms with van der Waals surface area (Å²) in [5.74, 6) is -1.50. The van der Waals surface area contributed by atoms with Crippen molar-refractivity contribution >= 4 is 51.2 Å². The van der Waals surface area contributed by atoms with Crippen LogP contribution in [-0.2, 0) is 16.2 Å². The minimum atomic E-state index is -0.917. The third-order valence-corrected chi connectivity index (χ3v) is 6.00. The van der Waals surface area contributed by atoms with E-state index in [4.69, 9.17) is 21.1 Å². The number of ether oxygens (including phenoxy) is 2. The summed E-state index contributed by atoms with van der Waals surface area (Å²) >= 11 is 9.51. The number of hydrogen-bond acceptors (Lipinski definition) is 5. The summed E-state index contributed by atoms with van der Waals surface area (Å²) in [7, 11) is 0. The smallest absolute Gasteiger partial charge is 0.329 e. The van der Waals surface area contributed by atoms with Gasteiger partial charge in [0, 0.05) is 11.3 Å². The first-order valence-corrected chi connectivity index (χ1v) is 12.1. The SMILES string of the molecule is CCOc1cc(/C=N/NC(=O)C(=O)Nc2c(C)cccc2C)cc(Br)c1OCc1c(F)cccc1Cl. The first kappa shape index (κ1) is 27.2. The normalized spacial score (nSPS) is 10.8. The summed E-state index contributed by atoms with van der Waals surface area (Å²) in [5.41, 5.74) is 5.25. The van der Waals surface area contributed by atoms with Crippen LogP contribution in [0.5, 0.6) is 11.5 Å². The third-order valence-electron chi connectivity index (χ3n) is 5.06. The van der Waals surface area contributed by atoms with Crippen LogP contribution in [0.4, 0.5) is 10.1 Å². The highest BCUT2D eigenvalue weighted by Crippen LogP contribution is 2.37. The average molecular weight is 577 g/mol. The average Bonchev–Trinajstić information content (AvgIpc) is 2.82. The summed E-state index contributed by atoms with van der Waals surface area (Å²) in [4.78, 5) is 24.5. The number of hydrogen-bond donors (Lipinski definition) is 2. The molecule has 0 fully saturated rings. The van der Waals surface area contributed by atoms with Gasteiger partial charge in [-0.05, 0) is 77.7 Å². The van der Waals surface area contributed by atoms with E-state index in [1.165, 1.54) is 18.3 Å². The standard InChI is InChI=1S/C26H24BrClFN3O4/c1-4-35-22-12-17(11-19(27)24(22)36-14-18-20(28)9-6-10-21(18)29)13-30-32-26(34)25(33)31-23-15(2)7-5-8-16(23)3/h5-13H,4,14H2,1-3H3,(H,31,33)(H,32,34)/b30-13+. The van der Waals surface area contributed by atoms with Crippen LogP contribution in [0.3, 0.4) is 0 Å². The number of anilines is 1. The first-order chi connectivity index (χ1) is 17.2. The zero-order valence-corrected chi connectivity index (χ0v) is 22.2. The Bertz CT molecular complexity index is 1280. The topological polar surface area (TPSA) is 89.0 Å². The lowest BCUT2D eigenvalue weighted by molar-refractivity contribution is -0.136. The quantitative estimate of drug-likeness (QED) is 0.198. The Kier molecular flexibility index (Phi) is 9.44. The second kappa shape index (κ2) is 12.5. The van der Waals surface area contributed by atoms with Crippen LogP contribution in [0.1, 0.15) is 29.2 Å². The summed E-state index contributed by atoms with van der Waals surface area (Å²) in [6, 6.07) is 13.3. The van der Waals surface area contributed by atoms with Crippen molar-refractivity contribution in [3.63, 3.8) is 0 Å². The van der Waals surface area contributed by atoms with E-state index in [9.17, 15) is 14.0 Å². The van der Waals surface area contributed by atoms with Gasteiger partial charge in [-0.1, -0.05) is 35.9 Å². The Balaban J connectivity index is 1.70. The highest BCUT2D eigenvalue weighted by molar-refractivity contribution is 9.10. The molecule has 36 heavy (non-hydrogen) atoms. The van der Waals surface area contributed by atoms with E-state index < -0.39 is 17.6 Å². The van der Waals surface area contributed by atoms with Crippen LogP contribution < -0.4 is 20.2 Å². The van der Waals surface area contributed by atoms with Gasteiger partial charge in [0.1, 0.15) is 12.4 Å². The number of carbonyl (C=O) groups is 2. The largest absolute Gasteiger partial charge is 0.490 e. The van der Waals surface area contributed by atoms with E-state index in [1.54, 1.807) is 25.1 Å². The second-order valence-corrected chi connectivity index (χ2v) is 8.93. The molecule has 10 heteroatoms. The maximum Gasteiger partial charge on any atom is 0.329 e. The predicted octanol–water partition coefficient (Wildman–Crippen LogP) is 5.92. The molecule has 7 nitrogen and oxygen atoms in total. The molecule has 0 unspecified atom stereocenters.